The number of nitrogens with two attached hydrogens (primary N) is 1. The summed E-state index contributed by atoms with van der Waals surface area (Å²) in [6, 6.07) is 5.06. The number of nitrogens with zero attached hydrogens (tertiary/aromatic N) is 1. The van der Waals surface area contributed by atoms with Crippen molar-refractivity contribution in [1.82, 2.24) is 4.90 Å². The number of benzene rings is 1. The first-order valence-corrected chi connectivity index (χ1v) is 4.85. The van der Waals surface area contributed by atoms with E-state index in [2.05, 4.69) is 0 Å². The molecule has 0 aliphatic carbocycles. The van der Waals surface area contributed by atoms with Crippen molar-refractivity contribution in [3.8, 4) is 11.5 Å². The van der Waals surface area contributed by atoms with Crippen molar-refractivity contribution in [2.75, 3.05) is 20.7 Å². The molecule has 0 aliphatic heterocycles. The average molecular weight is 224 g/mol. The Hall–Kier alpha value is -1.75. The Kier molecular flexibility index (Phi) is 4.13. The van der Waals surface area contributed by atoms with Crippen molar-refractivity contribution in [2.45, 2.75) is 6.54 Å². The fraction of sp³-hybridized carbons (Fsp3) is 0.364. The highest BCUT2D eigenvalue weighted by Gasteiger charge is 2.06. The van der Waals surface area contributed by atoms with Crippen LogP contribution in [0.15, 0.2) is 18.2 Å². The van der Waals surface area contributed by atoms with Gasteiger partial charge in [-0.2, -0.15) is 0 Å². The van der Waals surface area contributed by atoms with Crippen molar-refractivity contribution in [1.29, 1.82) is 0 Å². The van der Waals surface area contributed by atoms with Crippen LogP contribution in [-0.4, -0.2) is 36.6 Å². The number of rotatable bonds is 5. The number of phenolic OH excluding ortho intramolecular Hbond substituents is 1. The Balaban J connectivity index is 2.70. The van der Waals surface area contributed by atoms with Crippen molar-refractivity contribution < 1.29 is 14.6 Å². The smallest absolute Gasteiger partial charge is 0.231 e. The largest absolute Gasteiger partial charge is 0.504 e. The van der Waals surface area contributed by atoms with E-state index in [-0.39, 0.29) is 18.2 Å². The van der Waals surface area contributed by atoms with E-state index in [0.717, 1.165) is 5.56 Å². The minimum atomic E-state index is -0.367. The molecule has 0 spiro atoms. The van der Waals surface area contributed by atoms with E-state index >= 15 is 0 Å². The first-order chi connectivity index (χ1) is 7.52. The number of phenols is 1. The zero-order valence-electron chi connectivity index (χ0n) is 9.43. The Morgan fingerprint density at radius 3 is 2.81 bits per heavy atom. The van der Waals surface area contributed by atoms with E-state index in [1.807, 2.05) is 0 Å². The molecule has 5 heteroatoms. The van der Waals surface area contributed by atoms with E-state index in [4.69, 9.17) is 10.5 Å². The summed E-state index contributed by atoms with van der Waals surface area (Å²) < 4.78 is 4.99. The normalized spacial score (nSPS) is 10.4. The summed E-state index contributed by atoms with van der Waals surface area (Å²) in [4.78, 5) is 12.5. The average Bonchev–Trinajstić information content (AvgIpc) is 2.19. The van der Waals surface area contributed by atoms with Crippen LogP contribution in [0.5, 0.6) is 11.5 Å². The monoisotopic (exact) mass is 224 g/mol. The predicted octanol–water partition coefficient (Wildman–Crippen LogP) is 0.318. The summed E-state index contributed by atoms with van der Waals surface area (Å²) >= 11 is 0. The predicted molar refractivity (Wildman–Crippen MR) is 60.2 cm³/mol. The molecule has 88 valence electrons. The van der Waals surface area contributed by atoms with Crippen LogP contribution in [0.3, 0.4) is 0 Å². The van der Waals surface area contributed by atoms with E-state index < -0.39 is 0 Å². The fourth-order valence-corrected chi connectivity index (χ4v) is 1.45. The topological polar surface area (TPSA) is 75.8 Å². The van der Waals surface area contributed by atoms with Gasteiger partial charge in [-0.25, -0.2) is 0 Å². The number of hydrogen-bond acceptors (Lipinski definition) is 4. The van der Waals surface area contributed by atoms with E-state index in [0.29, 0.717) is 12.3 Å². The molecular weight excluding hydrogens is 208 g/mol. The van der Waals surface area contributed by atoms with Crippen LogP contribution >= 0.6 is 0 Å². The highest BCUT2D eigenvalue weighted by atomic mass is 16.5. The molecule has 1 rings (SSSR count). The van der Waals surface area contributed by atoms with Crippen molar-refractivity contribution in [2.24, 2.45) is 5.73 Å². The number of carbonyl (C=O) groups excluding carboxylic acids is 1. The third-order valence-corrected chi connectivity index (χ3v) is 2.12. The van der Waals surface area contributed by atoms with Crippen molar-refractivity contribution >= 4 is 5.91 Å². The molecular formula is C11H16N2O3. The number of ether oxygens (including phenoxy) is 1. The lowest BCUT2D eigenvalue weighted by Gasteiger charge is -2.15. The molecule has 0 fully saturated rings. The molecule has 0 unspecified atom stereocenters. The molecule has 1 aromatic rings. The van der Waals surface area contributed by atoms with E-state index in [1.54, 1.807) is 30.1 Å². The number of methoxy groups -OCH3 is 1. The van der Waals surface area contributed by atoms with Gasteiger partial charge < -0.3 is 15.6 Å². The number of likely N-dealkylation sites (N-methyl/N-ethyl adjacent to an activating group) is 1. The number of amides is 1. The van der Waals surface area contributed by atoms with Gasteiger partial charge >= 0.3 is 0 Å². The van der Waals surface area contributed by atoms with Crippen LogP contribution in [0.4, 0.5) is 0 Å². The van der Waals surface area contributed by atoms with Gasteiger partial charge in [0, 0.05) is 6.54 Å². The number of primary amides is 1. The standard InChI is InChI=1S/C11H16N2O3/c1-13(7-11(12)15)6-8-3-4-9(14)10(5-8)16-2/h3-5,14H,6-7H2,1-2H3,(H2,12,15). The molecule has 5 nitrogen and oxygen atoms in total. The molecule has 1 amide bonds. The maximum absolute atomic E-state index is 10.7. The Morgan fingerprint density at radius 2 is 2.25 bits per heavy atom. The molecule has 3 N–H and O–H groups in total. The van der Waals surface area contributed by atoms with Crippen molar-refractivity contribution in [3.05, 3.63) is 23.8 Å². The summed E-state index contributed by atoms with van der Waals surface area (Å²) in [5.74, 6) is 0.155. The second kappa shape index (κ2) is 5.37. The van der Waals surface area contributed by atoms with E-state index in [1.165, 1.54) is 7.11 Å². The van der Waals surface area contributed by atoms with Crippen LogP contribution in [0, 0.1) is 0 Å². The van der Waals surface area contributed by atoms with E-state index in [9.17, 15) is 9.90 Å². The zero-order chi connectivity index (χ0) is 12.1. The summed E-state index contributed by atoms with van der Waals surface area (Å²) in [5, 5.41) is 9.40. The van der Waals surface area contributed by atoms with Gasteiger partial charge in [0.05, 0.1) is 13.7 Å². The summed E-state index contributed by atoms with van der Waals surface area (Å²) in [7, 11) is 3.29. The molecule has 0 saturated carbocycles. The quantitative estimate of drug-likeness (QED) is 0.755. The summed E-state index contributed by atoms with van der Waals surface area (Å²) in [5.41, 5.74) is 6.02. The van der Waals surface area contributed by atoms with Crippen LogP contribution in [-0.2, 0) is 11.3 Å². The maximum Gasteiger partial charge on any atom is 0.231 e. The Labute approximate surface area is 94.4 Å². The molecule has 16 heavy (non-hydrogen) atoms. The van der Waals surface area contributed by atoms with Crippen LogP contribution in [0.1, 0.15) is 5.56 Å². The molecule has 0 heterocycles. The van der Waals surface area contributed by atoms with Gasteiger partial charge in [0.25, 0.3) is 0 Å². The maximum atomic E-state index is 10.7. The Bertz CT molecular complexity index is 379. The Morgan fingerprint density at radius 1 is 1.56 bits per heavy atom. The SMILES string of the molecule is COc1cc(CN(C)CC(N)=O)ccc1O. The molecule has 0 bridgehead atoms. The zero-order valence-corrected chi connectivity index (χ0v) is 9.43. The third-order valence-electron chi connectivity index (χ3n) is 2.12. The second-order valence-electron chi connectivity index (χ2n) is 3.64. The molecule has 0 atom stereocenters. The fourth-order valence-electron chi connectivity index (χ4n) is 1.45. The highest BCUT2D eigenvalue weighted by Crippen LogP contribution is 2.26. The molecule has 0 aromatic heterocycles. The van der Waals surface area contributed by atoms with Crippen LogP contribution < -0.4 is 10.5 Å². The van der Waals surface area contributed by atoms with Gasteiger partial charge in [0.1, 0.15) is 0 Å². The molecule has 0 saturated heterocycles. The summed E-state index contributed by atoms with van der Waals surface area (Å²) in [6.45, 7) is 0.767. The first-order valence-electron chi connectivity index (χ1n) is 4.85. The third kappa shape index (κ3) is 3.43. The highest BCUT2D eigenvalue weighted by molar-refractivity contribution is 5.75. The number of carbonyl (C=O) groups is 1. The van der Waals surface area contributed by atoms with Gasteiger partial charge in [-0.1, -0.05) is 6.07 Å². The van der Waals surface area contributed by atoms with Crippen molar-refractivity contribution in [3.63, 3.8) is 0 Å². The first kappa shape index (κ1) is 12.3. The van der Waals surface area contributed by atoms with Gasteiger partial charge in [-0.05, 0) is 24.7 Å². The van der Waals surface area contributed by atoms with Crippen LogP contribution in [0.25, 0.3) is 0 Å². The second-order valence-corrected chi connectivity index (χ2v) is 3.64. The lowest BCUT2D eigenvalue weighted by Crippen LogP contribution is -2.30. The summed E-state index contributed by atoms with van der Waals surface area (Å²) in [6.07, 6.45) is 0. The number of aromatic hydroxyl groups is 1. The van der Waals surface area contributed by atoms with Gasteiger partial charge in [0.2, 0.25) is 5.91 Å². The lowest BCUT2D eigenvalue weighted by atomic mass is 10.2. The minimum absolute atomic E-state index is 0.101. The molecule has 1 aromatic carbocycles. The molecule has 0 radical (unpaired) electrons. The minimum Gasteiger partial charge on any atom is -0.504 e. The van der Waals surface area contributed by atoms with Crippen LogP contribution in [0.2, 0.25) is 0 Å². The number of hydrogen-bond donors (Lipinski definition) is 2. The lowest BCUT2D eigenvalue weighted by molar-refractivity contribution is -0.118. The molecule has 0 aliphatic rings. The van der Waals surface area contributed by atoms with Gasteiger partial charge in [-0.3, -0.25) is 9.69 Å². The van der Waals surface area contributed by atoms with Gasteiger partial charge in [0.15, 0.2) is 11.5 Å². The van der Waals surface area contributed by atoms with Gasteiger partial charge in [-0.15, -0.1) is 0 Å².